The van der Waals surface area contributed by atoms with E-state index in [0.717, 1.165) is 30.5 Å². The van der Waals surface area contributed by atoms with E-state index in [4.69, 9.17) is 9.72 Å². The molecular formula is C27H32N2O2S. The van der Waals surface area contributed by atoms with Crippen LogP contribution in [0.2, 0.25) is 0 Å². The summed E-state index contributed by atoms with van der Waals surface area (Å²) in [5.41, 5.74) is 1.51. The lowest BCUT2D eigenvalue weighted by Crippen LogP contribution is -2.43. The number of allylic oxidation sites excluding steroid dienone is 5. The fourth-order valence-corrected chi connectivity index (χ4v) is 5.69. The molecule has 4 rings (SSSR count). The Hall–Kier alpha value is -2.50. The first-order chi connectivity index (χ1) is 15.5. The number of ether oxygens (including phenoxy) is 1. The molecule has 2 aliphatic carbocycles. The Morgan fingerprint density at radius 3 is 2.72 bits per heavy atom. The Balaban J connectivity index is 1.59. The van der Waals surface area contributed by atoms with E-state index in [2.05, 4.69) is 59.3 Å². The summed E-state index contributed by atoms with van der Waals surface area (Å²) in [6.45, 7) is 4.08. The summed E-state index contributed by atoms with van der Waals surface area (Å²) in [6, 6.07) is 10.4. The molecule has 2 aliphatic rings. The van der Waals surface area contributed by atoms with Crippen molar-refractivity contribution in [3.05, 3.63) is 83.4 Å². The third-order valence-corrected chi connectivity index (χ3v) is 7.49. The number of methoxy groups -OCH3 is 1. The van der Waals surface area contributed by atoms with Crippen LogP contribution in [0.25, 0.3) is 0 Å². The molecule has 0 spiro atoms. The number of aromatic nitrogens is 1. The molecule has 1 aromatic heterocycles. The number of thiazole rings is 1. The van der Waals surface area contributed by atoms with Crippen LogP contribution in [0.1, 0.15) is 56.2 Å². The van der Waals surface area contributed by atoms with Crippen LogP contribution < -0.4 is 5.32 Å². The predicted octanol–water partition coefficient (Wildman–Crippen LogP) is 6.47. The number of hydrogen-bond acceptors (Lipinski definition) is 4. The number of benzene rings is 1. The summed E-state index contributed by atoms with van der Waals surface area (Å²) in [4.78, 5) is 18.4. The van der Waals surface area contributed by atoms with E-state index in [0.29, 0.717) is 5.13 Å². The number of amides is 1. The molecule has 4 unspecified atom stereocenters. The molecule has 1 aromatic carbocycles. The maximum atomic E-state index is 13.6. The Kier molecular flexibility index (Phi) is 7.07. The molecule has 0 saturated carbocycles. The summed E-state index contributed by atoms with van der Waals surface area (Å²) in [5.74, 6) is 0.376. The lowest BCUT2D eigenvalue weighted by Gasteiger charge is -2.41. The largest absolute Gasteiger partial charge is 0.381 e. The van der Waals surface area contributed by atoms with E-state index in [-0.39, 0.29) is 29.8 Å². The van der Waals surface area contributed by atoms with E-state index in [1.165, 1.54) is 11.3 Å². The molecule has 168 valence electrons. The first kappa shape index (κ1) is 22.7. The van der Waals surface area contributed by atoms with Gasteiger partial charge in [0, 0.05) is 30.2 Å². The molecule has 0 aliphatic heterocycles. The maximum absolute atomic E-state index is 13.6. The summed E-state index contributed by atoms with van der Waals surface area (Å²) in [5, 5.41) is 5.84. The van der Waals surface area contributed by atoms with Gasteiger partial charge in [0.15, 0.2) is 5.13 Å². The van der Waals surface area contributed by atoms with E-state index in [1.54, 1.807) is 7.11 Å². The molecule has 0 saturated heterocycles. The lowest BCUT2D eigenvalue weighted by molar-refractivity contribution is -0.126. The molecule has 4 atom stereocenters. The van der Waals surface area contributed by atoms with Crippen molar-refractivity contribution in [2.45, 2.75) is 51.0 Å². The van der Waals surface area contributed by atoms with Crippen LogP contribution in [0.5, 0.6) is 0 Å². The quantitative estimate of drug-likeness (QED) is 0.494. The Labute approximate surface area is 195 Å². The van der Waals surface area contributed by atoms with Crippen LogP contribution >= 0.6 is 11.3 Å². The normalized spacial score (nSPS) is 23.8. The van der Waals surface area contributed by atoms with Crippen molar-refractivity contribution in [1.82, 2.24) is 4.98 Å². The molecule has 2 aromatic rings. The van der Waals surface area contributed by atoms with Crippen molar-refractivity contribution in [3.8, 4) is 0 Å². The molecular weight excluding hydrogens is 416 g/mol. The number of anilines is 1. The van der Waals surface area contributed by atoms with Crippen LogP contribution in [-0.2, 0) is 9.53 Å². The van der Waals surface area contributed by atoms with Gasteiger partial charge in [0.2, 0.25) is 5.91 Å². The summed E-state index contributed by atoms with van der Waals surface area (Å²) in [7, 11) is 1.78. The van der Waals surface area contributed by atoms with Gasteiger partial charge in [-0.1, -0.05) is 80.6 Å². The van der Waals surface area contributed by atoms with Crippen molar-refractivity contribution in [1.29, 1.82) is 0 Å². The average molecular weight is 449 g/mol. The Morgan fingerprint density at radius 2 is 2.00 bits per heavy atom. The van der Waals surface area contributed by atoms with Gasteiger partial charge in [-0.15, -0.1) is 11.3 Å². The van der Waals surface area contributed by atoms with Crippen LogP contribution in [0.4, 0.5) is 5.13 Å². The van der Waals surface area contributed by atoms with Gasteiger partial charge in [-0.3, -0.25) is 4.79 Å². The van der Waals surface area contributed by atoms with Gasteiger partial charge >= 0.3 is 0 Å². The molecule has 0 radical (unpaired) electrons. The van der Waals surface area contributed by atoms with Gasteiger partial charge in [0.25, 0.3) is 0 Å². The van der Waals surface area contributed by atoms with E-state index >= 15 is 0 Å². The highest BCUT2D eigenvalue weighted by atomic mass is 32.1. The zero-order chi connectivity index (χ0) is 22.6. The van der Waals surface area contributed by atoms with Gasteiger partial charge in [0.1, 0.15) is 0 Å². The average Bonchev–Trinajstić information content (AvgIpc) is 3.29. The first-order valence-electron chi connectivity index (χ1n) is 11.4. The first-order valence-corrected chi connectivity index (χ1v) is 12.2. The van der Waals surface area contributed by atoms with E-state index < -0.39 is 5.41 Å². The zero-order valence-electron chi connectivity index (χ0n) is 19.0. The molecule has 5 heteroatoms. The van der Waals surface area contributed by atoms with E-state index in [1.807, 2.05) is 32.0 Å². The minimum atomic E-state index is -0.663. The van der Waals surface area contributed by atoms with Crippen LogP contribution in [0.3, 0.4) is 0 Å². The van der Waals surface area contributed by atoms with Crippen molar-refractivity contribution >= 4 is 22.4 Å². The van der Waals surface area contributed by atoms with Gasteiger partial charge in [0.05, 0.1) is 17.2 Å². The minimum Gasteiger partial charge on any atom is -0.381 e. The molecule has 1 N–H and O–H groups in total. The SMILES string of the molecule is COC1CCC=CC1C(c1ccccc1)C(C)(C)C(=O)Nc1nc(C2C=CC=CC2)cs1. The third kappa shape index (κ3) is 4.79. The molecule has 32 heavy (non-hydrogen) atoms. The highest BCUT2D eigenvalue weighted by molar-refractivity contribution is 7.13. The number of rotatable bonds is 7. The standard InChI is InChI=1S/C27H32N2O2S/c1-27(2,25(30)29-26-28-22(18-32-26)19-12-6-4-7-13-19)24(20-14-8-5-9-15-20)21-16-10-11-17-23(21)31-3/h4-10,12,14-16,18-19,21,23-24H,11,13,17H2,1-3H3,(H,28,29,30). The topological polar surface area (TPSA) is 51.2 Å². The molecule has 1 amide bonds. The lowest BCUT2D eigenvalue weighted by atomic mass is 9.65. The summed E-state index contributed by atoms with van der Waals surface area (Å²) in [6.07, 6.45) is 15.9. The van der Waals surface area contributed by atoms with E-state index in [9.17, 15) is 4.79 Å². The minimum absolute atomic E-state index is 0.0137. The second kappa shape index (κ2) is 9.97. The van der Waals surface area contributed by atoms with Gasteiger partial charge in [-0.2, -0.15) is 0 Å². The zero-order valence-corrected chi connectivity index (χ0v) is 19.8. The van der Waals surface area contributed by atoms with Crippen molar-refractivity contribution in [2.75, 3.05) is 12.4 Å². The van der Waals surface area contributed by atoms with Crippen LogP contribution in [0.15, 0.2) is 72.2 Å². The molecule has 1 heterocycles. The van der Waals surface area contributed by atoms with Crippen LogP contribution in [-0.4, -0.2) is 24.1 Å². The fraction of sp³-hybridized carbons (Fsp3) is 0.407. The van der Waals surface area contributed by atoms with Crippen LogP contribution in [0, 0.1) is 11.3 Å². The van der Waals surface area contributed by atoms with Gasteiger partial charge in [-0.25, -0.2) is 4.98 Å². The number of nitrogens with zero attached hydrogens (tertiary/aromatic N) is 1. The van der Waals surface area contributed by atoms with Gasteiger partial charge in [-0.05, 0) is 24.8 Å². The smallest absolute Gasteiger partial charge is 0.232 e. The molecule has 0 bridgehead atoms. The molecule has 4 nitrogen and oxygen atoms in total. The highest BCUT2D eigenvalue weighted by Crippen LogP contribution is 2.46. The number of carbonyl (C=O) groups is 1. The Morgan fingerprint density at radius 1 is 1.19 bits per heavy atom. The maximum Gasteiger partial charge on any atom is 0.232 e. The number of nitrogens with one attached hydrogen (secondary N) is 1. The third-order valence-electron chi connectivity index (χ3n) is 6.72. The predicted molar refractivity (Wildman–Crippen MR) is 132 cm³/mol. The second-order valence-electron chi connectivity index (χ2n) is 9.15. The molecule has 0 fully saturated rings. The van der Waals surface area contributed by atoms with Crippen molar-refractivity contribution in [2.24, 2.45) is 11.3 Å². The Bertz CT molecular complexity index is 1010. The summed E-state index contributed by atoms with van der Waals surface area (Å²) >= 11 is 1.50. The number of hydrogen-bond donors (Lipinski definition) is 1. The van der Waals surface area contributed by atoms with Crippen molar-refractivity contribution in [3.63, 3.8) is 0 Å². The van der Waals surface area contributed by atoms with Crippen molar-refractivity contribution < 1.29 is 9.53 Å². The summed E-state index contributed by atoms with van der Waals surface area (Å²) < 4.78 is 5.86. The highest BCUT2D eigenvalue weighted by Gasteiger charge is 2.44. The van der Waals surface area contributed by atoms with Gasteiger partial charge < -0.3 is 10.1 Å². The fourth-order valence-electron chi connectivity index (χ4n) is 4.92. The number of carbonyl (C=O) groups excluding carboxylic acids is 1. The second-order valence-corrected chi connectivity index (χ2v) is 10.0. The monoisotopic (exact) mass is 448 g/mol.